The van der Waals surface area contributed by atoms with Crippen molar-refractivity contribution in [2.75, 3.05) is 32.9 Å². The molecule has 0 radical (unpaired) electrons. The van der Waals surface area contributed by atoms with Gasteiger partial charge < -0.3 is 23.8 Å². The maximum absolute atomic E-state index is 6.74. The highest BCUT2D eigenvalue weighted by Gasteiger charge is 2.48. The van der Waals surface area contributed by atoms with E-state index in [4.69, 9.17) is 53.8 Å². The third-order valence-corrected chi connectivity index (χ3v) is 8.34. The van der Waals surface area contributed by atoms with Crippen LogP contribution >= 0.6 is 50.7 Å². The molecule has 9 heteroatoms. The monoisotopic (exact) mass is 615 g/mol. The molecule has 3 aliphatic heterocycles. The van der Waals surface area contributed by atoms with Crippen LogP contribution in [0.2, 0.25) is 0 Å². The summed E-state index contributed by atoms with van der Waals surface area (Å²) in [7, 11) is 3.27. The zero-order valence-electron chi connectivity index (χ0n) is 20.3. The minimum absolute atomic E-state index is 0.234. The van der Waals surface area contributed by atoms with Crippen molar-refractivity contribution in [1.82, 2.24) is 4.90 Å². The molecule has 2 aromatic carbocycles. The van der Waals surface area contributed by atoms with E-state index in [1.807, 2.05) is 6.07 Å². The number of halogens is 4. The molecule has 0 N–H and O–H groups in total. The molecular weight excluding hydrogens is 589 g/mol. The molecule has 0 saturated carbocycles. The largest absolute Gasteiger partial charge is 0.493 e. The number of rotatable bonds is 8. The van der Waals surface area contributed by atoms with Gasteiger partial charge in [-0.15, -0.1) is 0 Å². The van der Waals surface area contributed by atoms with Gasteiger partial charge in [0.05, 0.1) is 14.2 Å². The van der Waals surface area contributed by atoms with E-state index in [2.05, 4.69) is 39.0 Å². The van der Waals surface area contributed by atoms with Gasteiger partial charge >= 0.3 is 0 Å². The fourth-order valence-corrected chi connectivity index (χ4v) is 6.70. The Hall–Kier alpha value is -1.47. The van der Waals surface area contributed by atoms with E-state index in [0.717, 1.165) is 64.9 Å². The SMILES string of the molecule is COc1ccc2c(c1OC)[C@@H](C(Cl)(Cl)Cl)N1CCc3cc4c(cc3C1=C2CCCCCCBr)OCO4. The van der Waals surface area contributed by atoms with Crippen molar-refractivity contribution in [3.63, 3.8) is 0 Å². The molecule has 0 amide bonds. The summed E-state index contributed by atoms with van der Waals surface area (Å²) < 4.78 is 21.3. The highest BCUT2D eigenvalue weighted by atomic mass is 79.9. The van der Waals surface area contributed by atoms with Crippen LogP contribution in [0.4, 0.5) is 0 Å². The Kier molecular flexibility index (Phi) is 7.79. The summed E-state index contributed by atoms with van der Waals surface area (Å²) in [6.07, 6.45) is 6.26. The Balaban J connectivity index is 1.73. The number of allylic oxidation sites excluding steroid dienone is 1. The van der Waals surface area contributed by atoms with Gasteiger partial charge in [0.1, 0.15) is 6.04 Å². The summed E-state index contributed by atoms with van der Waals surface area (Å²) in [5.41, 5.74) is 6.57. The summed E-state index contributed by atoms with van der Waals surface area (Å²) >= 11 is 23.7. The van der Waals surface area contributed by atoms with E-state index >= 15 is 0 Å². The third kappa shape index (κ3) is 4.63. The molecule has 0 fully saturated rings. The van der Waals surface area contributed by atoms with Crippen LogP contribution in [0.3, 0.4) is 0 Å². The first kappa shape index (κ1) is 26.1. The van der Waals surface area contributed by atoms with Gasteiger partial charge in [0, 0.05) is 28.7 Å². The van der Waals surface area contributed by atoms with Crippen LogP contribution in [-0.2, 0) is 6.42 Å². The van der Waals surface area contributed by atoms with Crippen LogP contribution in [0.15, 0.2) is 24.3 Å². The van der Waals surface area contributed by atoms with Gasteiger partial charge in [-0.25, -0.2) is 0 Å². The average molecular weight is 618 g/mol. The number of methoxy groups -OCH3 is 2. The summed E-state index contributed by atoms with van der Waals surface area (Å²) in [5.74, 6) is 2.78. The average Bonchev–Trinajstić information content (AvgIpc) is 3.32. The molecule has 5 rings (SSSR count). The number of hydrogen-bond donors (Lipinski definition) is 0. The smallest absolute Gasteiger partial charge is 0.231 e. The second-order valence-electron chi connectivity index (χ2n) is 9.19. The number of benzene rings is 2. The minimum atomic E-state index is -1.60. The van der Waals surface area contributed by atoms with Crippen molar-refractivity contribution in [3.05, 3.63) is 46.5 Å². The molecule has 1 atom stereocenters. The van der Waals surface area contributed by atoms with E-state index < -0.39 is 9.83 Å². The lowest BCUT2D eigenvalue weighted by molar-refractivity contribution is 0.174. The molecule has 3 heterocycles. The lowest BCUT2D eigenvalue weighted by Crippen LogP contribution is -2.42. The predicted octanol–water partition coefficient (Wildman–Crippen LogP) is 7.93. The van der Waals surface area contributed by atoms with Gasteiger partial charge in [0.15, 0.2) is 23.0 Å². The van der Waals surface area contributed by atoms with Crippen molar-refractivity contribution in [2.24, 2.45) is 0 Å². The molecule has 194 valence electrons. The molecule has 0 saturated heterocycles. The van der Waals surface area contributed by atoms with Crippen molar-refractivity contribution in [2.45, 2.75) is 48.4 Å². The fourth-order valence-electron chi connectivity index (χ4n) is 5.62. The molecule has 0 aliphatic carbocycles. The maximum Gasteiger partial charge on any atom is 0.231 e. The Labute approximate surface area is 235 Å². The number of nitrogens with zero attached hydrogens (tertiary/aromatic N) is 1. The van der Waals surface area contributed by atoms with Gasteiger partial charge in [-0.2, -0.15) is 0 Å². The zero-order valence-corrected chi connectivity index (χ0v) is 24.2. The second-order valence-corrected chi connectivity index (χ2v) is 12.4. The quantitative estimate of drug-likeness (QED) is 0.222. The lowest BCUT2D eigenvalue weighted by Gasteiger charge is -2.47. The predicted molar refractivity (Wildman–Crippen MR) is 149 cm³/mol. The number of unbranched alkanes of at least 4 members (excludes halogenated alkanes) is 3. The van der Waals surface area contributed by atoms with E-state index in [1.165, 1.54) is 24.0 Å². The molecular formula is C27H29BrCl3NO4. The normalized spacial score (nSPS) is 18.1. The molecule has 0 unspecified atom stereocenters. The van der Waals surface area contributed by atoms with Gasteiger partial charge in [-0.3, -0.25) is 0 Å². The molecule has 36 heavy (non-hydrogen) atoms. The topological polar surface area (TPSA) is 40.2 Å². The molecule has 2 aromatic rings. The fraction of sp³-hybridized carbons (Fsp3) is 0.481. The van der Waals surface area contributed by atoms with Crippen molar-refractivity contribution < 1.29 is 18.9 Å². The van der Waals surface area contributed by atoms with Gasteiger partial charge in [0.2, 0.25) is 10.6 Å². The second kappa shape index (κ2) is 10.7. The Morgan fingerprint density at radius 3 is 2.44 bits per heavy atom. The van der Waals surface area contributed by atoms with Crippen LogP contribution in [-0.4, -0.2) is 41.6 Å². The highest BCUT2D eigenvalue weighted by molar-refractivity contribution is 9.09. The van der Waals surface area contributed by atoms with E-state index in [1.54, 1.807) is 14.2 Å². The molecule has 0 bridgehead atoms. The van der Waals surface area contributed by atoms with E-state index in [-0.39, 0.29) is 6.79 Å². The summed E-state index contributed by atoms with van der Waals surface area (Å²) in [4.78, 5) is 2.25. The van der Waals surface area contributed by atoms with Crippen LogP contribution in [0.25, 0.3) is 11.3 Å². The first-order valence-corrected chi connectivity index (χ1v) is 14.4. The van der Waals surface area contributed by atoms with Crippen molar-refractivity contribution in [1.29, 1.82) is 0 Å². The number of hydrogen-bond acceptors (Lipinski definition) is 5. The maximum atomic E-state index is 6.74. The number of fused-ring (bicyclic) bond motifs is 5. The summed E-state index contributed by atoms with van der Waals surface area (Å²) in [6, 6.07) is 7.67. The zero-order chi connectivity index (χ0) is 25.4. The lowest BCUT2D eigenvalue weighted by atomic mass is 9.80. The highest BCUT2D eigenvalue weighted by Crippen LogP contribution is 2.59. The first-order chi connectivity index (χ1) is 17.4. The van der Waals surface area contributed by atoms with Gasteiger partial charge in [0.25, 0.3) is 0 Å². The standard InChI is InChI=1S/C27H29BrCl3NO4/c1-33-20-9-8-17-18(7-5-3-4-6-11-28)24-19-14-22-21(35-15-36-22)13-16(19)10-12-32(24)26(27(29,30)31)23(17)25(20)34-2/h8-9,13-14,26H,3-7,10-12,15H2,1-2H3/t26-/m0/s1. The van der Waals surface area contributed by atoms with Gasteiger partial charge in [-0.1, -0.05) is 69.6 Å². The van der Waals surface area contributed by atoms with E-state index in [9.17, 15) is 0 Å². The Morgan fingerprint density at radius 2 is 1.75 bits per heavy atom. The summed E-state index contributed by atoms with van der Waals surface area (Å²) in [6.45, 7) is 0.936. The van der Waals surface area contributed by atoms with Crippen molar-refractivity contribution >= 4 is 62.0 Å². The van der Waals surface area contributed by atoms with Crippen LogP contribution in [0.5, 0.6) is 23.0 Å². The van der Waals surface area contributed by atoms with Crippen LogP contribution in [0.1, 0.15) is 60.4 Å². The molecule has 3 aliphatic rings. The molecule has 5 nitrogen and oxygen atoms in total. The first-order valence-electron chi connectivity index (χ1n) is 12.2. The van der Waals surface area contributed by atoms with E-state index in [0.29, 0.717) is 18.0 Å². The number of ether oxygens (including phenoxy) is 4. The third-order valence-electron chi connectivity index (χ3n) is 7.16. The Morgan fingerprint density at radius 1 is 1.00 bits per heavy atom. The van der Waals surface area contributed by atoms with Gasteiger partial charge in [-0.05, 0) is 60.6 Å². The summed E-state index contributed by atoms with van der Waals surface area (Å²) in [5, 5.41) is 1.03. The molecule has 0 spiro atoms. The number of alkyl halides is 4. The Bertz CT molecular complexity index is 1180. The van der Waals surface area contributed by atoms with Crippen LogP contribution < -0.4 is 18.9 Å². The van der Waals surface area contributed by atoms with Crippen LogP contribution in [0, 0.1) is 0 Å². The van der Waals surface area contributed by atoms with Crippen molar-refractivity contribution in [3.8, 4) is 23.0 Å². The minimum Gasteiger partial charge on any atom is -0.493 e. The molecule has 0 aromatic heterocycles.